The summed E-state index contributed by atoms with van der Waals surface area (Å²) in [5.74, 6) is 1.80. The smallest absolute Gasteiger partial charge is 0.185 e. The highest BCUT2D eigenvalue weighted by molar-refractivity contribution is 5.70. The molecule has 0 radical (unpaired) electrons. The monoisotopic (exact) mass is 272 g/mol. The van der Waals surface area contributed by atoms with Gasteiger partial charge in [-0.15, -0.1) is 0 Å². The summed E-state index contributed by atoms with van der Waals surface area (Å²) in [6.07, 6.45) is 0.687. The zero-order valence-electron chi connectivity index (χ0n) is 12.4. The van der Waals surface area contributed by atoms with Crippen molar-refractivity contribution in [2.75, 3.05) is 0 Å². The van der Waals surface area contributed by atoms with Gasteiger partial charge < -0.3 is 9.15 Å². The third-order valence-electron chi connectivity index (χ3n) is 3.21. The molecule has 3 heteroatoms. The molecule has 2 aromatic rings. The Morgan fingerprint density at radius 3 is 2.50 bits per heavy atom. The highest BCUT2D eigenvalue weighted by Crippen LogP contribution is 2.28. The van der Waals surface area contributed by atoms with Crippen LogP contribution in [0.4, 0.5) is 0 Å². The maximum Gasteiger partial charge on any atom is 0.185 e. The first-order valence-electron chi connectivity index (χ1n) is 6.68. The van der Waals surface area contributed by atoms with Crippen LogP contribution in [-0.4, -0.2) is 6.29 Å². The molecule has 0 N–H and O–H groups in total. The second-order valence-corrected chi connectivity index (χ2v) is 5.94. The molecular formula is C17H20O3. The summed E-state index contributed by atoms with van der Waals surface area (Å²) in [6.45, 7) is 8.91. The molecule has 0 spiro atoms. The largest absolute Gasteiger partial charge is 0.485 e. The van der Waals surface area contributed by atoms with Gasteiger partial charge in [0.2, 0.25) is 0 Å². The van der Waals surface area contributed by atoms with Crippen LogP contribution >= 0.6 is 0 Å². The Morgan fingerprint density at radius 2 is 1.95 bits per heavy atom. The summed E-state index contributed by atoms with van der Waals surface area (Å²) in [6, 6.07) is 9.61. The molecule has 0 atom stereocenters. The zero-order chi connectivity index (χ0) is 14.8. The third-order valence-corrected chi connectivity index (χ3v) is 3.21. The van der Waals surface area contributed by atoms with E-state index in [0.717, 1.165) is 11.3 Å². The fourth-order valence-corrected chi connectivity index (χ4v) is 1.96. The number of rotatable bonds is 4. The number of hydrogen-bond donors (Lipinski definition) is 0. The lowest BCUT2D eigenvalue weighted by Gasteiger charge is -2.20. The Balaban J connectivity index is 2.08. The van der Waals surface area contributed by atoms with Gasteiger partial charge in [-0.2, -0.15) is 0 Å². The lowest BCUT2D eigenvalue weighted by atomic mass is 9.86. The first kappa shape index (κ1) is 14.4. The summed E-state index contributed by atoms with van der Waals surface area (Å²) in [7, 11) is 0. The molecule has 1 aromatic heterocycles. The maximum atomic E-state index is 10.5. The van der Waals surface area contributed by atoms with E-state index < -0.39 is 0 Å². The van der Waals surface area contributed by atoms with E-state index in [-0.39, 0.29) is 5.41 Å². The number of carbonyl (C=O) groups excluding carboxylic acids is 1. The fourth-order valence-electron chi connectivity index (χ4n) is 1.96. The highest BCUT2D eigenvalue weighted by Gasteiger charge is 2.14. The second-order valence-electron chi connectivity index (χ2n) is 5.94. The molecule has 20 heavy (non-hydrogen) atoms. The lowest BCUT2D eigenvalue weighted by molar-refractivity contribution is 0.109. The molecule has 0 fully saturated rings. The second kappa shape index (κ2) is 5.53. The number of carbonyl (C=O) groups is 1. The predicted molar refractivity (Wildman–Crippen MR) is 78.3 cm³/mol. The van der Waals surface area contributed by atoms with Crippen LogP contribution in [0, 0.1) is 6.92 Å². The van der Waals surface area contributed by atoms with Crippen LogP contribution in [0.1, 0.15) is 48.2 Å². The van der Waals surface area contributed by atoms with Crippen molar-refractivity contribution in [3.05, 3.63) is 53.0 Å². The summed E-state index contributed by atoms with van der Waals surface area (Å²) in [5.41, 5.74) is 2.51. The number of furan rings is 1. The molecule has 0 saturated carbocycles. The van der Waals surface area contributed by atoms with Crippen molar-refractivity contribution in [3.8, 4) is 5.75 Å². The van der Waals surface area contributed by atoms with Gasteiger partial charge in [-0.3, -0.25) is 4.79 Å². The molecule has 0 aliphatic rings. The minimum absolute atomic E-state index is 0.128. The molecule has 2 rings (SSSR count). The van der Waals surface area contributed by atoms with Crippen molar-refractivity contribution in [2.45, 2.75) is 39.7 Å². The summed E-state index contributed by atoms with van der Waals surface area (Å²) < 4.78 is 11.0. The number of hydrogen-bond acceptors (Lipinski definition) is 3. The third kappa shape index (κ3) is 3.29. The van der Waals surface area contributed by atoms with E-state index in [4.69, 9.17) is 9.15 Å². The van der Waals surface area contributed by atoms with E-state index >= 15 is 0 Å². The molecule has 3 nitrogen and oxygen atoms in total. The molecule has 0 unspecified atom stereocenters. The van der Waals surface area contributed by atoms with Gasteiger partial charge in [0.15, 0.2) is 12.0 Å². The first-order chi connectivity index (χ1) is 9.40. The molecule has 0 aliphatic carbocycles. The van der Waals surface area contributed by atoms with Gasteiger partial charge >= 0.3 is 0 Å². The predicted octanol–water partition coefficient (Wildman–Crippen LogP) is 4.28. The Kier molecular flexibility index (Phi) is 3.98. The Labute approximate surface area is 119 Å². The Bertz CT molecular complexity index is 603. The minimum atomic E-state index is 0.128. The van der Waals surface area contributed by atoms with Gasteiger partial charge in [0, 0.05) is 0 Å². The molecule has 0 aliphatic heterocycles. The molecule has 0 bridgehead atoms. The molecule has 1 aromatic carbocycles. The number of benzene rings is 1. The van der Waals surface area contributed by atoms with Crippen molar-refractivity contribution in [1.29, 1.82) is 0 Å². The van der Waals surface area contributed by atoms with Crippen molar-refractivity contribution in [1.82, 2.24) is 0 Å². The normalized spacial score (nSPS) is 11.4. The van der Waals surface area contributed by atoms with Crippen LogP contribution in [0.3, 0.4) is 0 Å². The van der Waals surface area contributed by atoms with E-state index in [0.29, 0.717) is 24.4 Å². The summed E-state index contributed by atoms with van der Waals surface area (Å²) in [4.78, 5) is 10.5. The standard InChI is InChI=1S/C17H20O3/c1-12-9-13(17(2,3)4)5-8-16(12)19-11-15-7-6-14(10-18)20-15/h5-10H,11H2,1-4H3. The molecule has 0 amide bonds. The SMILES string of the molecule is Cc1cc(C(C)(C)C)ccc1OCc1ccc(C=O)o1. The minimum Gasteiger partial charge on any atom is -0.485 e. The molecule has 0 saturated heterocycles. The van der Waals surface area contributed by atoms with Gasteiger partial charge in [-0.25, -0.2) is 0 Å². The van der Waals surface area contributed by atoms with Crippen LogP contribution < -0.4 is 4.74 Å². The molecular weight excluding hydrogens is 252 g/mol. The Morgan fingerprint density at radius 1 is 1.20 bits per heavy atom. The zero-order valence-corrected chi connectivity index (χ0v) is 12.4. The van der Waals surface area contributed by atoms with Gasteiger partial charge in [0.25, 0.3) is 0 Å². The van der Waals surface area contributed by atoms with Crippen molar-refractivity contribution < 1.29 is 13.9 Å². The fraction of sp³-hybridized carbons (Fsp3) is 0.353. The van der Waals surface area contributed by atoms with Gasteiger partial charge in [0.05, 0.1) is 0 Å². The van der Waals surface area contributed by atoms with E-state index in [1.54, 1.807) is 12.1 Å². The van der Waals surface area contributed by atoms with Crippen LogP contribution in [0.2, 0.25) is 0 Å². The van der Waals surface area contributed by atoms with E-state index in [9.17, 15) is 4.79 Å². The highest BCUT2D eigenvalue weighted by atomic mass is 16.5. The maximum absolute atomic E-state index is 10.5. The van der Waals surface area contributed by atoms with E-state index in [2.05, 4.69) is 32.9 Å². The van der Waals surface area contributed by atoms with Crippen LogP contribution in [0.15, 0.2) is 34.7 Å². The van der Waals surface area contributed by atoms with E-state index in [1.807, 2.05) is 13.0 Å². The van der Waals surface area contributed by atoms with Crippen LogP contribution in [0.25, 0.3) is 0 Å². The van der Waals surface area contributed by atoms with Gasteiger partial charge in [0.1, 0.15) is 18.1 Å². The average Bonchev–Trinajstić information content (AvgIpc) is 2.84. The van der Waals surface area contributed by atoms with Crippen LogP contribution in [0.5, 0.6) is 5.75 Å². The lowest BCUT2D eigenvalue weighted by Crippen LogP contribution is -2.11. The van der Waals surface area contributed by atoms with Crippen molar-refractivity contribution in [2.24, 2.45) is 0 Å². The first-order valence-corrected chi connectivity index (χ1v) is 6.68. The van der Waals surface area contributed by atoms with Crippen molar-refractivity contribution in [3.63, 3.8) is 0 Å². The quantitative estimate of drug-likeness (QED) is 0.780. The summed E-state index contributed by atoms with van der Waals surface area (Å²) in [5, 5.41) is 0. The number of ether oxygens (including phenoxy) is 1. The topological polar surface area (TPSA) is 39.4 Å². The molecule has 106 valence electrons. The van der Waals surface area contributed by atoms with Crippen molar-refractivity contribution >= 4 is 6.29 Å². The summed E-state index contributed by atoms with van der Waals surface area (Å²) >= 11 is 0. The number of aryl methyl sites for hydroxylation is 1. The van der Waals surface area contributed by atoms with Gasteiger partial charge in [-0.05, 0) is 41.7 Å². The average molecular weight is 272 g/mol. The molecule has 1 heterocycles. The van der Waals surface area contributed by atoms with Crippen LogP contribution in [-0.2, 0) is 12.0 Å². The van der Waals surface area contributed by atoms with Gasteiger partial charge in [-0.1, -0.05) is 32.9 Å². The number of aldehydes is 1. The Hall–Kier alpha value is -2.03. The van der Waals surface area contributed by atoms with E-state index in [1.165, 1.54) is 5.56 Å².